The molecule has 21 heavy (non-hydrogen) atoms. The number of rotatable bonds is 5. The first kappa shape index (κ1) is 15.0. The van der Waals surface area contributed by atoms with Gasteiger partial charge in [0.05, 0.1) is 17.9 Å². The van der Waals surface area contributed by atoms with Gasteiger partial charge >= 0.3 is 5.97 Å². The minimum Gasteiger partial charge on any atom is -0.462 e. The van der Waals surface area contributed by atoms with Crippen molar-refractivity contribution in [2.24, 2.45) is 4.99 Å². The van der Waals surface area contributed by atoms with E-state index in [2.05, 4.69) is 9.98 Å². The van der Waals surface area contributed by atoms with Crippen molar-refractivity contribution in [3.8, 4) is 0 Å². The van der Waals surface area contributed by atoms with Gasteiger partial charge in [-0.3, -0.25) is 0 Å². The summed E-state index contributed by atoms with van der Waals surface area (Å²) in [5, 5.41) is 0.660. The maximum Gasteiger partial charge on any atom is 0.338 e. The highest BCUT2D eigenvalue weighted by atomic mass is 32.2. The van der Waals surface area contributed by atoms with Gasteiger partial charge in [0.1, 0.15) is 5.03 Å². The van der Waals surface area contributed by atoms with E-state index < -0.39 is 0 Å². The number of pyridine rings is 1. The average molecular weight is 300 g/mol. The molecule has 0 aliphatic heterocycles. The number of esters is 1. The Morgan fingerprint density at radius 2 is 2.24 bits per heavy atom. The van der Waals surface area contributed by atoms with Crippen molar-refractivity contribution >= 4 is 29.5 Å². The monoisotopic (exact) mass is 300 g/mol. The molecule has 0 fully saturated rings. The van der Waals surface area contributed by atoms with Crippen molar-refractivity contribution in [1.29, 1.82) is 0 Å². The zero-order valence-corrected chi connectivity index (χ0v) is 12.1. The molecular weight excluding hydrogens is 288 g/mol. The Balaban J connectivity index is 2.19. The molecule has 1 aromatic heterocycles. The van der Waals surface area contributed by atoms with Crippen LogP contribution in [0.4, 0.5) is 5.69 Å². The lowest BCUT2D eigenvalue weighted by Crippen LogP contribution is -2.04. The van der Waals surface area contributed by atoms with Crippen LogP contribution in [-0.4, -0.2) is 23.6 Å². The fourth-order valence-electron chi connectivity index (χ4n) is 1.60. The van der Waals surface area contributed by atoms with Crippen molar-refractivity contribution < 1.29 is 14.3 Å². The molecule has 1 aromatic carbocycles. The van der Waals surface area contributed by atoms with Crippen LogP contribution in [0.15, 0.2) is 57.5 Å². The summed E-state index contributed by atoms with van der Waals surface area (Å²) in [5.74, 6) is -0.374. The van der Waals surface area contributed by atoms with Crippen LogP contribution in [-0.2, 0) is 9.53 Å². The number of aliphatic imine (C=N–C) groups is 1. The highest BCUT2D eigenvalue weighted by molar-refractivity contribution is 7.99. The maximum atomic E-state index is 11.7. The number of isocyanates is 1. The van der Waals surface area contributed by atoms with Gasteiger partial charge in [0, 0.05) is 11.1 Å². The molecule has 2 aromatic rings. The third-order valence-corrected chi connectivity index (χ3v) is 3.38. The van der Waals surface area contributed by atoms with E-state index in [9.17, 15) is 9.59 Å². The minimum absolute atomic E-state index is 0.329. The van der Waals surface area contributed by atoms with Crippen LogP contribution in [0.3, 0.4) is 0 Å². The molecule has 0 saturated heterocycles. The number of carbonyl (C=O) groups excluding carboxylic acids is 2. The molecule has 0 amide bonds. The molecular formula is C15H12N2O3S. The summed E-state index contributed by atoms with van der Waals surface area (Å²) in [6, 6.07) is 10.4. The summed E-state index contributed by atoms with van der Waals surface area (Å²) in [7, 11) is 0. The fourth-order valence-corrected chi connectivity index (χ4v) is 2.46. The first-order valence-corrected chi connectivity index (χ1v) is 7.03. The van der Waals surface area contributed by atoms with Crippen LogP contribution in [0.1, 0.15) is 17.3 Å². The lowest BCUT2D eigenvalue weighted by molar-refractivity contribution is 0.0526. The van der Waals surface area contributed by atoms with Crippen molar-refractivity contribution in [1.82, 2.24) is 4.98 Å². The number of nitrogens with zero attached hydrogens (tertiary/aromatic N) is 2. The Morgan fingerprint density at radius 1 is 1.38 bits per heavy atom. The topological polar surface area (TPSA) is 68.6 Å². The fraction of sp³-hybridized carbons (Fsp3) is 0.133. The smallest absolute Gasteiger partial charge is 0.338 e. The Morgan fingerprint density at radius 3 is 3.00 bits per heavy atom. The highest BCUT2D eigenvalue weighted by Gasteiger charge is 2.08. The zero-order valence-electron chi connectivity index (χ0n) is 11.3. The normalized spacial score (nSPS) is 9.76. The minimum atomic E-state index is -0.374. The Kier molecular flexibility index (Phi) is 5.26. The molecule has 0 radical (unpaired) electrons. The summed E-state index contributed by atoms with van der Waals surface area (Å²) in [6.07, 6.45) is 3.06. The molecule has 6 heteroatoms. The van der Waals surface area contributed by atoms with Gasteiger partial charge in [-0.25, -0.2) is 14.6 Å². The van der Waals surface area contributed by atoms with E-state index in [0.717, 1.165) is 4.90 Å². The Hall–Kier alpha value is -2.43. The van der Waals surface area contributed by atoms with Crippen molar-refractivity contribution in [3.05, 3.63) is 48.2 Å². The van der Waals surface area contributed by atoms with Gasteiger partial charge in [0.15, 0.2) is 0 Å². The molecule has 2 rings (SSSR count). The third kappa shape index (κ3) is 4.27. The standard InChI is InChI=1S/C15H12N2O3S/c1-2-20-15(19)11-6-7-16-14(8-11)21-13-5-3-4-12(9-13)17-10-18/h3-9H,2H2,1H3. The van der Waals surface area contributed by atoms with E-state index in [1.165, 1.54) is 17.8 Å². The first-order valence-electron chi connectivity index (χ1n) is 6.22. The molecule has 5 nitrogen and oxygen atoms in total. The molecule has 106 valence electrons. The predicted molar refractivity (Wildman–Crippen MR) is 78.5 cm³/mol. The van der Waals surface area contributed by atoms with Crippen molar-refractivity contribution in [3.63, 3.8) is 0 Å². The Bertz CT molecular complexity index is 697. The molecule has 0 aliphatic rings. The summed E-state index contributed by atoms with van der Waals surface area (Å²) in [5.41, 5.74) is 0.980. The van der Waals surface area contributed by atoms with E-state index in [1.807, 2.05) is 6.07 Å². The lowest BCUT2D eigenvalue weighted by atomic mass is 10.3. The molecule has 1 heterocycles. The quantitative estimate of drug-likeness (QED) is 0.481. The molecule has 0 bridgehead atoms. The molecule has 0 atom stereocenters. The number of ether oxygens (including phenoxy) is 1. The SMILES string of the molecule is CCOC(=O)c1ccnc(Sc2cccc(N=C=O)c2)c1. The number of hydrogen-bond acceptors (Lipinski definition) is 6. The van der Waals surface area contributed by atoms with Crippen LogP contribution in [0.25, 0.3) is 0 Å². The van der Waals surface area contributed by atoms with Gasteiger partial charge in [-0.15, -0.1) is 0 Å². The van der Waals surface area contributed by atoms with Gasteiger partial charge in [0.25, 0.3) is 0 Å². The van der Waals surface area contributed by atoms with Gasteiger partial charge < -0.3 is 4.74 Å². The molecule has 0 unspecified atom stereocenters. The molecule has 0 aliphatic carbocycles. The van der Waals surface area contributed by atoms with Gasteiger partial charge in [-0.05, 0) is 37.3 Å². The summed E-state index contributed by atoms with van der Waals surface area (Å²) < 4.78 is 4.95. The second-order valence-electron chi connectivity index (χ2n) is 3.91. The second-order valence-corrected chi connectivity index (χ2v) is 5.00. The van der Waals surface area contributed by atoms with Crippen LogP contribution >= 0.6 is 11.8 Å². The van der Waals surface area contributed by atoms with E-state index in [4.69, 9.17) is 4.74 Å². The molecule has 0 saturated carbocycles. The number of aromatic nitrogens is 1. The molecule has 0 N–H and O–H groups in total. The first-order chi connectivity index (χ1) is 10.2. The van der Waals surface area contributed by atoms with Crippen LogP contribution in [0, 0.1) is 0 Å². The highest BCUT2D eigenvalue weighted by Crippen LogP contribution is 2.29. The van der Waals surface area contributed by atoms with E-state index in [0.29, 0.717) is 22.9 Å². The van der Waals surface area contributed by atoms with Crippen molar-refractivity contribution in [2.75, 3.05) is 6.61 Å². The van der Waals surface area contributed by atoms with E-state index >= 15 is 0 Å². The third-order valence-electron chi connectivity index (χ3n) is 2.46. The molecule has 0 spiro atoms. The number of hydrogen-bond donors (Lipinski definition) is 0. The van der Waals surface area contributed by atoms with Gasteiger partial charge in [0.2, 0.25) is 6.08 Å². The van der Waals surface area contributed by atoms with Gasteiger partial charge in [-0.1, -0.05) is 17.8 Å². The average Bonchev–Trinajstić information content (AvgIpc) is 2.48. The van der Waals surface area contributed by atoms with Crippen LogP contribution in [0.2, 0.25) is 0 Å². The number of benzene rings is 1. The lowest BCUT2D eigenvalue weighted by Gasteiger charge is -2.04. The van der Waals surface area contributed by atoms with Crippen LogP contribution < -0.4 is 0 Å². The van der Waals surface area contributed by atoms with Gasteiger partial charge in [-0.2, -0.15) is 4.99 Å². The number of carbonyl (C=O) groups is 1. The summed E-state index contributed by atoms with van der Waals surface area (Å²) in [4.78, 5) is 30.6. The van der Waals surface area contributed by atoms with E-state index in [1.54, 1.807) is 43.5 Å². The van der Waals surface area contributed by atoms with E-state index in [-0.39, 0.29) is 5.97 Å². The summed E-state index contributed by atoms with van der Waals surface area (Å²) >= 11 is 1.37. The van der Waals surface area contributed by atoms with Crippen molar-refractivity contribution in [2.45, 2.75) is 16.8 Å². The predicted octanol–water partition coefficient (Wildman–Crippen LogP) is 3.38. The maximum absolute atomic E-state index is 11.7. The zero-order chi connectivity index (χ0) is 15.1. The summed E-state index contributed by atoms with van der Waals surface area (Å²) in [6.45, 7) is 2.09. The Labute approximate surface area is 126 Å². The van der Waals surface area contributed by atoms with Crippen LogP contribution in [0.5, 0.6) is 0 Å². The largest absolute Gasteiger partial charge is 0.462 e. The second kappa shape index (κ2) is 7.38.